The first-order valence-corrected chi connectivity index (χ1v) is 10.9. The Bertz CT molecular complexity index is 1010. The first kappa shape index (κ1) is 22.6. The van der Waals surface area contributed by atoms with Gasteiger partial charge in [0.15, 0.2) is 0 Å². The Kier molecular flexibility index (Phi) is 6.44. The van der Waals surface area contributed by atoms with Gasteiger partial charge >= 0.3 is 0 Å². The fourth-order valence-corrected chi connectivity index (χ4v) is 4.47. The molecule has 2 atom stereocenters. The van der Waals surface area contributed by atoms with Gasteiger partial charge in [0.1, 0.15) is 11.9 Å². The van der Waals surface area contributed by atoms with Crippen LogP contribution < -0.4 is 15.5 Å². The molecule has 2 aromatic rings. The number of halogens is 4. The van der Waals surface area contributed by atoms with Gasteiger partial charge in [-0.1, -0.05) is 35.9 Å². The smallest absolute Gasteiger partial charge is 0.252 e. The number of rotatable bonds is 6. The lowest BCUT2D eigenvalue weighted by molar-refractivity contribution is -0.133. The molecule has 170 valence electrons. The molecule has 0 spiro atoms. The summed E-state index contributed by atoms with van der Waals surface area (Å²) >= 11 is 6.39. The van der Waals surface area contributed by atoms with Crippen molar-refractivity contribution in [3.05, 3.63) is 64.9 Å². The number of anilines is 1. The van der Waals surface area contributed by atoms with Gasteiger partial charge in [0.05, 0.1) is 6.04 Å². The number of hydrogen-bond acceptors (Lipinski definition) is 3. The van der Waals surface area contributed by atoms with E-state index < -0.39 is 54.5 Å². The van der Waals surface area contributed by atoms with Crippen molar-refractivity contribution >= 4 is 29.1 Å². The van der Waals surface area contributed by atoms with Gasteiger partial charge in [-0.05, 0) is 43.7 Å². The fourth-order valence-electron chi connectivity index (χ4n) is 4.23. The molecule has 0 bridgehead atoms. The van der Waals surface area contributed by atoms with Crippen molar-refractivity contribution in [3.8, 4) is 0 Å². The molecule has 2 fully saturated rings. The molecule has 0 aromatic heterocycles. The Labute approximate surface area is 188 Å². The van der Waals surface area contributed by atoms with Crippen LogP contribution in [0.15, 0.2) is 48.5 Å². The van der Waals surface area contributed by atoms with Gasteiger partial charge in [-0.25, -0.2) is 13.2 Å². The molecule has 0 radical (unpaired) electrons. The maximum absolute atomic E-state index is 14.1. The second kappa shape index (κ2) is 9.11. The van der Waals surface area contributed by atoms with Crippen molar-refractivity contribution in [2.75, 3.05) is 11.4 Å². The third-order valence-electron chi connectivity index (χ3n) is 5.83. The second-order valence-electron chi connectivity index (χ2n) is 8.23. The standard InChI is InChI=1S/C23H23ClF3N3O2/c24-18-8-2-1-7-17(18)20(21(31)29-15-12-23(26,27)13-15)30(16-6-3-5-14(25)11-16)22(32)19-9-4-10-28-19/h1-3,5-8,11,15,19-20,28H,4,9-10,12-13H2,(H,29,31)/t19?,20-/m0/s1. The Morgan fingerprint density at radius 1 is 1.16 bits per heavy atom. The minimum absolute atomic E-state index is 0.183. The Morgan fingerprint density at radius 2 is 1.91 bits per heavy atom. The van der Waals surface area contributed by atoms with Crippen LogP contribution in [0, 0.1) is 5.82 Å². The molecule has 1 saturated heterocycles. The molecule has 2 N–H and O–H groups in total. The molecular formula is C23H23ClF3N3O2. The first-order chi connectivity index (χ1) is 15.2. The van der Waals surface area contributed by atoms with E-state index >= 15 is 0 Å². The van der Waals surface area contributed by atoms with Gasteiger partial charge in [-0.15, -0.1) is 0 Å². The number of amides is 2. The summed E-state index contributed by atoms with van der Waals surface area (Å²) in [5.41, 5.74) is 0.510. The average Bonchev–Trinajstić information content (AvgIpc) is 3.26. The Morgan fingerprint density at radius 3 is 2.53 bits per heavy atom. The Balaban J connectivity index is 1.76. The first-order valence-electron chi connectivity index (χ1n) is 10.5. The minimum atomic E-state index is -2.82. The Hall–Kier alpha value is -2.58. The van der Waals surface area contributed by atoms with Gasteiger partial charge < -0.3 is 10.6 Å². The highest BCUT2D eigenvalue weighted by atomic mass is 35.5. The van der Waals surface area contributed by atoms with Crippen molar-refractivity contribution in [2.45, 2.75) is 49.7 Å². The lowest BCUT2D eigenvalue weighted by Gasteiger charge is -2.38. The largest absolute Gasteiger partial charge is 0.351 e. The summed E-state index contributed by atoms with van der Waals surface area (Å²) in [4.78, 5) is 28.2. The monoisotopic (exact) mass is 465 g/mol. The van der Waals surface area contributed by atoms with Gasteiger partial charge in [-0.3, -0.25) is 14.5 Å². The van der Waals surface area contributed by atoms with Crippen LogP contribution in [0.5, 0.6) is 0 Å². The van der Waals surface area contributed by atoms with E-state index in [1.54, 1.807) is 24.3 Å². The highest BCUT2D eigenvalue weighted by Crippen LogP contribution is 2.39. The van der Waals surface area contributed by atoms with Crippen LogP contribution >= 0.6 is 11.6 Å². The van der Waals surface area contributed by atoms with Crippen LogP contribution in [-0.4, -0.2) is 36.4 Å². The molecule has 9 heteroatoms. The quantitative estimate of drug-likeness (QED) is 0.671. The van der Waals surface area contributed by atoms with E-state index in [0.717, 1.165) is 6.42 Å². The van der Waals surface area contributed by atoms with E-state index in [1.165, 1.54) is 29.2 Å². The summed E-state index contributed by atoms with van der Waals surface area (Å²) < 4.78 is 40.8. The highest BCUT2D eigenvalue weighted by Gasteiger charge is 2.47. The molecular weight excluding hydrogens is 443 g/mol. The zero-order chi connectivity index (χ0) is 22.9. The van der Waals surface area contributed by atoms with E-state index in [0.29, 0.717) is 18.5 Å². The fraction of sp³-hybridized carbons (Fsp3) is 0.391. The topological polar surface area (TPSA) is 61.4 Å². The van der Waals surface area contributed by atoms with Crippen LogP contribution in [-0.2, 0) is 9.59 Å². The molecule has 1 aliphatic carbocycles. The van der Waals surface area contributed by atoms with Crippen LogP contribution in [0.25, 0.3) is 0 Å². The second-order valence-corrected chi connectivity index (χ2v) is 8.64. The van der Waals surface area contributed by atoms with E-state index in [1.807, 2.05) is 0 Å². The summed E-state index contributed by atoms with van der Waals surface area (Å²) in [7, 11) is 0. The number of benzene rings is 2. The van der Waals surface area contributed by atoms with Gasteiger partial charge in [0.25, 0.3) is 5.92 Å². The number of alkyl halides is 2. The minimum Gasteiger partial charge on any atom is -0.351 e. The molecule has 1 heterocycles. The number of nitrogens with one attached hydrogen (secondary N) is 2. The molecule has 1 saturated carbocycles. The normalized spacial score (nSPS) is 20.9. The van der Waals surface area contributed by atoms with Crippen LogP contribution in [0.3, 0.4) is 0 Å². The van der Waals surface area contributed by atoms with Crippen molar-refractivity contribution in [2.24, 2.45) is 0 Å². The molecule has 5 nitrogen and oxygen atoms in total. The van der Waals surface area contributed by atoms with E-state index in [-0.39, 0.29) is 10.7 Å². The predicted octanol–water partition coefficient (Wildman–Crippen LogP) is 4.22. The van der Waals surface area contributed by atoms with Gasteiger partial charge in [0, 0.05) is 35.2 Å². The van der Waals surface area contributed by atoms with Crippen molar-refractivity contribution in [1.29, 1.82) is 0 Å². The number of carbonyl (C=O) groups excluding carboxylic acids is 2. The third kappa shape index (κ3) is 4.76. The summed E-state index contributed by atoms with van der Waals surface area (Å²) in [5.74, 6) is -4.44. The van der Waals surface area contributed by atoms with Crippen molar-refractivity contribution in [3.63, 3.8) is 0 Å². The van der Waals surface area contributed by atoms with Crippen molar-refractivity contribution < 1.29 is 22.8 Å². The van der Waals surface area contributed by atoms with Crippen LogP contribution in [0.2, 0.25) is 5.02 Å². The molecule has 32 heavy (non-hydrogen) atoms. The predicted molar refractivity (Wildman–Crippen MR) is 115 cm³/mol. The van der Waals surface area contributed by atoms with Crippen LogP contribution in [0.4, 0.5) is 18.9 Å². The lowest BCUT2D eigenvalue weighted by atomic mass is 9.87. The van der Waals surface area contributed by atoms with Gasteiger partial charge in [0.2, 0.25) is 11.8 Å². The zero-order valence-corrected chi connectivity index (χ0v) is 17.9. The number of hydrogen-bond donors (Lipinski definition) is 2. The zero-order valence-electron chi connectivity index (χ0n) is 17.2. The summed E-state index contributed by atoms with van der Waals surface area (Å²) in [6.07, 6.45) is 0.419. The molecule has 1 aliphatic heterocycles. The third-order valence-corrected chi connectivity index (χ3v) is 6.17. The maximum atomic E-state index is 14.1. The highest BCUT2D eigenvalue weighted by molar-refractivity contribution is 6.31. The maximum Gasteiger partial charge on any atom is 0.252 e. The molecule has 2 aromatic carbocycles. The molecule has 4 rings (SSSR count). The molecule has 1 unspecified atom stereocenters. The summed E-state index contributed by atoms with van der Waals surface area (Å²) in [5, 5.41) is 5.96. The lowest BCUT2D eigenvalue weighted by Crippen LogP contribution is -2.55. The molecule has 2 aliphatic rings. The van der Waals surface area contributed by atoms with Crippen LogP contribution in [0.1, 0.15) is 37.3 Å². The number of carbonyl (C=O) groups is 2. The van der Waals surface area contributed by atoms with E-state index in [2.05, 4.69) is 10.6 Å². The van der Waals surface area contributed by atoms with E-state index in [9.17, 15) is 22.8 Å². The SMILES string of the molecule is O=C(NC1CC(F)(F)C1)[C@H](c1ccccc1Cl)N(C(=O)C1CCCN1)c1cccc(F)c1. The summed E-state index contributed by atoms with van der Waals surface area (Å²) in [6.45, 7) is 0.646. The van der Waals surface area contributed by atoms with E-state index in [4.69, 9.17) is 11.6 Å². The average molecular weight is 466 g/mol. The molecule has 2 amide bonds. The number of nitrogens with zero attached hydrogens (tertiary/aromatic N) is 1. The summed E-state index contributed by atoms with van der Waals surface area (Å²) in [6, 6.07) is 9.39. The van der Waals surface area contributed by atoms with Gasteiger partial charge in [-0.2, -0.15) is 0 Å². The van der Waals surface area contributed by atoms with Crippen molar-refractivity contribution in [1.82, 2.24) is 10.6 Å².